The molecule has 0 aliphatic carbocycles. The Hall–Kier alpha value is 2.79. The van der Waals surface area contributed by atoms with Gasteiger partial charge in [0.2, 0.25) is 0 Å². The molecule has 11 heteroatoms. The summed E-state index contributed by atoms with van der Waals surface area (Å²) in [6.45, 7) is 5.06. The molecule has 0 aliphatic rings. The number of halogens is 7. The van der Waals surface area contributed by atoms with E-state index < -0.39 is 34.0 Å². The summed E-state index contributed by atoms with van der Waals surface area (Å²) >= 11 is 30.7. The van der Waals surface area contributed by atoms with Crippen LogP contribution in [-0.2, 0) is 28.8 Å². The Bertz CT molecular complexity index is 268. The molecule has 0 spiro atoms. The summed E-state index contributed by atoms with van der Waals surface area (Å²) in [5.74, 6) is 0. The third kappa shape index (κ3) is 9.18. The second-order valence-electron chi connectivity index (χ2n) is 3.76. The van der Waals surface area contributed by atoms with Crippen LogP contribution in [0.4, 0.5) is 0 Å². The second kappa shape index (κ2) is 8.76. The Morgan fingerprint density at radius 3 is 1.00 bits per heavy atom. The number of hydrogen-bond donors (Lipinski definition) is 0. The molecular weight excluding hydrogens is 495 g/mol. The fourth-order valence-electron chi connectivity index (χ4n) is 0.814. The standard InChI is InChI=1S/3C3H5Cl2O.ClH.Zr/c3*1-2-3(4,5)6;;/h3*2H2,1H3;1H;/q3*-1;;+4/p-1. The van der Waals surface area contributed by atoms with E-state index in [-0.39, 0.29) is 19.3 Å². The van der Waals surface area contributed by atoms with Crippen molar-refractivity contribution in [2.75, 3.05) is 0 Å². The SMILES string of the molecule is CCC(Cl)(Cl)[O][Zr]([Cl])([O]C(Cl)(Cl)CC)[O]C(Cl)(Cl)CC. The van der Waals surface area contributed by atoms with Crippen molar-refractivity contribution in [2.24, 2.45) is 0 Å². The Balaban J connectivity index is 5.23. The van der Waals surface area contributed by atoms with Crippen molar-refractivity contribution in [2.45, 2.75) is 53.6 Å². The Morgan fingerprint density at radius 1 is 0.650 bits per heavy atom. The first-order chi connectivity index (χ1) is 8.80. The first-order valence-corrected chi connectivity index (χ1v) is 14.2. The summed E-state index contributed by atoms with van der Waals surface area (Å²) in [6, 6.07) is 0. The van der Waals surface area contributed by atoms with Gasteiger partial charge in [0.1, 0.15) is 0 Å². The summed E-state index contributed by atoms with van der Waals surface area (Å²) in [5.41, 5.74) is 0. The first-order valence-electron chi connectivity index (χ1n) is 5.73. The van der Waals surface area contributed by atoms with Crippen LogP contribution >= 0.6 is 78.1 Å². The van der Waals surface area contributed by atoms with Crippen molar-refractivity contribution in [3.05, 3.63) is 0 Å². The number of hydrogen-bond acceptors (Lipinski definition) is 3. The van der Waals surface area contributed by atoms with Gasteiger partial charge in [-0.15, -0.1) is 0 Å². The molecule has 0 amide bonds. The zero-order valence-corrected chi connectivity index (χ0v) is 18.7. The Labute approximate surface area is 159 Å². The quantitative estimate of drug-likeness (QED) is 0.323. The van der Waals surface area contributed by atoms with Crippen molar-refractivity contribution in [1.82, 2.24) is 0 Å². The molecule has 0 bridgehead atoms. The van der Waals surface area contributed by atoms with Crippen LogP contribution < -0.4 is 0 Å². The summed E-state index contributed by atoms with van der Waals surface area (Å²) in [4.78, 5) is 0. The van der Waals surface area contributed by atoms with Crippen LogP contribution in [0.3, 0.4) is 0 Å². The van der Waals surface area contributed by atoms with Crippen LogP contribution in [0.2, 0.25) is 0 Å². The Kier molecular flexibility index (Phi) is 9.99. The van der Waals surface area contributed by atoms with Crippen LogP contribution in [-0.4, -0.2) is 13.6 Å². The predicted octanol–water partition coefficient (Wildman–Crippen LogP) is 6.71. The van der Waals surface area contributed by atoms with E-state index in [4.69, 9.17) is 86.6 Å². The maximum atomic E-state index is 6.27. The predicted molar refractivity (Wildman–Crippen MR) is 83.3 cm³/mol. The summed E-state index contributed by atoms with van der Waals surface area (Å²) in [7, 11) is 6.27. The van der Waals surface area contributed by atoms with Crippen molar-refractivity contribution in [1.29, 1.82) is 0 Å². The molecule has 3 nitrogen and oxygen atoms in total. The number of rotatable bonds is 9. The van der Waals surface area contributed by atoms with Crippen molar-refractivity contribution >= 4 is 78.1 Å². The average molecular weight is 511 g/mol. The van der Waals surface area contributed by atoms with E-state index in [1.165, 1.54) is 0 Å². The van der Waals surface area contributed by atoms with Crippen molar-refractivity contribution in [3.63, 3.8) is 0 Å². The molecule has 0 saturated heterocycles. The molecule has 0 unspecified atom stereocenters. The van der Waals surface area contributed by atoms with Gasteiger partial charge < -0.3 is 0 Å². The minimum atomic E-state index is -4.90. The van der Waals surface area contributed by atoms with E-state index in [0.717, 1.165) is 0 Å². The van der Waals surface area contributed by atoms with Gasteiger partial charge >= 0.3 is 161 Å². The summed E-state index contributed by atoms with van der Waals surface area (Å²) in [5, 5.41) is 0. The molecule has 0 aromatic heterocycles. The summed E-state index contributed by atoms with van der Waals surface area (Å²) in [6.07, 6.45) is 0.671. The van der Waals surface area contributed by atoms with Gasteiger partial charge in [-0.3, -0.25) is 0 Å². The van der Waals surface area contributed by atoms with E-state index in [9.17, 15) is 0 Å². The average Bonchev–Trinajstić information content (AvgIpc) is 2.26. The molecule has 0 atom stereocenters. The zero-order chi connectivity index (χ0) is 16.2. The molecule has 0 heterocycles. The normalized spacial score (nSPS) is 14.7. The third-order valence-corrected chi connectivity index (χ3v) is 11.8. The van der Waals surface area contributed by atoms with Gasteiger partial charge in [-0.1, -0.05) is 0 Å². The molecule has 122 valence electrons. The van der Waals surface area contributed by atoms with Crippen LogP contribution in [0.1, 0.15) is 40.0 Å². The molecule has 20 heavy (non-hydrogen) atoms. The Morgan fingerprint density at radius 2 is 0.850 bits per heavy atom. The molecular formula is C9H15Cl7O3Zr. The molecule has 0 aromatic carbocycles. The first kappa shape index (κ1) is 22.8. The maximum absolute atomic E-state index is 6.27. The number of alkyl halides is 6. The topological polar surface area (TPSA) is 27.7 Å². The molecule has 0 N–H and O–H groups in total. The molecule has 0 radical (unpaired) electrons. The summed E-state index contributed by atoms with van der Waals surface area (Å²) < 4.78 is 11.3. The minimum absolute atomic E-state index is 0.224. The van der Waals surface area contributed by atoms with Crippen LogP contribution in [0.15, 0.2) is 0 Å². The van der Waals surface area contributed by atoms with E-state index >= 15 is 0 Å². The van der Waals surface area contributed by atoms with Crippen molar-refractivity contribution < 1.29 is 28.8 Å². The molecule has 0 aliphatic heterocycles. The van der Waals surface area contributed by atoms with Gasteiger partial charge in [0, 0.05) is 0 Å². The van der Waals surface area contributed by atoms with E-state index in [1.54, 1.807) is 20.8 Å². The van der Waals surface area contributed by atoms with E-state index in [2.05, 4.69) is 0 Å². The van der Waals surface area contributed by atoms with E-state index in [0.29, 0.717) is 0 Å². The van der Waals surface area contributed by atoms with Gasteiger partial charge in [0.25, 0.3) is 0 Å². The van der Waals surface area contributed by atoms with Gasteiger partial charge in [-0.2, -0.15) is 0 Å². The molecule has 0 fully saturated rings. The fourth-order valence-corrected chi connectivity index (χ4v) is 12.2. The van der Waals surface area contributed by atoms with Gasteiger partial charge in [0.05, 0.1) is 0 Å². The molecule has 0 saturated carbocycles. The van der Waals surface area contributed by atoms with Gasteiger partial charge in [0.15, 0.2) is 0 Å². The molecule has 0 aromatic rings. The van der Waals surface area contributed by atoms with Gasteiger partial charge in [-0.25, -0.2) is 0 Å². The zero-order valence-electron chi connectivity index (χ0n) is 11.0. The second-order valence-corrected chi connectivity index (χ2v) is 14.6. The van der Waals surface area contributed by atoms with Crippen LogP contribution in [0, 0.1) is 0 Å². The van der Waals surface area contributed by atoms with Crippen molar-refractivity contribution in [3.8, 4) is 0 Å². The fraction of sp³-hybridized carbons (Fsp3) is 1.00. The van der Waals surface area contributed by atoms with Crippen LogP contribution in [0.5, 0.6) is 0 Å². The van der Waals surface area contributed by atoms with Gasteiger partial charge in [-0.05, 0) is 0 Å². The molecule has 0 rings (SSSR count). The van der Waals surface area contributed by atoms with E-state index in [1.807, 2.05) is 0 Å². The van der Waals surface area contributed by atoms with Crippen LogP contribution in [0.25, 0.3) is 0 Å². The monoisotopic (exact) mass is 506 g/mol. The third-order valence-electron chi connectivity index (χ3n) is 2.05.